The van der Waals surface area contributed by atoms with Crippen molar-refractivity contribution >= 4 is 0 Å². The maximum absolute atomic E-state index is 10.2. The molecule has 1 N–H and O–H groups in total. The third-order valence-electron chi connectivity index (χ3n) is 10.5. The summed E-state index contributed by atoms with van der Waals surface area (Å²) in [6, 6.07) is 0. The first-order valence-corrected chi connectivity index (χ1v) is 12.7. The Labute approximate surface area is 180 Å². The summed E-state index contributed by atoms with van der Waals surface area (Å²) in [7, 11) is 0. The summed E-state index contributed by atoms with van der Waals surface area (Å²) in [6.45, 7) is 14.7. The van der Waals surface area contributed by atoms with Crippen molar-refractivity contribution in [3.8, 4) is 0 Å². The number of aliphatic hydroxyl groups excluding tert-OH is 1. The van der Waals surface area contributed by atoms with E-state index in [2.05, 4.69) is 59.8 Å². The zero-order valence-electron chi connectivity index (χ0n) is 20.0. The van der Waals surface area contributed by atoms with E-state index in [-0.39, 0.29) is 6.10 Å². The summed E-state index contributed by atoms with van der Waals surface area (Å²) < 4.78 is 0. The molecule has 0 aromatic carbocycles. The van der Waals surface area contributed by atoms with Crippen molar-refractivity contribution in [2.75, 3.05) is 0 Å². The Balaban J connectivity index is 1.54. The number of hydrogen-bond donors (Lipinski definition) is 1. The molecule has 9 atom stereocenters. The van der Waals surface area contributed by atoms with Crippen LogP contribution in [-0.4, -0.2) is 11.2 Å². The van der Waals surface area contributed by atoms with Crippen LogP contribution in [0.4, 0.5) is 0 Å². The highest BCUT2D eigenvalue weighted by atomic mass is 16.3. The van der Waals surface area contributed by atoms with Crippen LogP contribution in [-0.2, 0) is 0 Å². The minimum absolute atomic E-state index is 0.0476. The van der Waals surface area contributed by atoms with Crippen LogP contribution in [0, 0.1) is 52.3 Å². The summed E-state index contributed by atoms with van der Waals surface area (Å²) in [5, 5.41) is 10.2. The highest BCUT2D eigenvalue weighted by molar-refractivity contribution is 5.28. The molecule has 1 heteroatoms. The third-order valence-corrected chi connectivity index (χ3v) is 10.5. The average molecular weight is 399 g/mol. The second-order valence-corrected chi connectivity index (χ2v) is 12.3. The molecule has 0 amide bonds. The van der Waals surface area contributed by atoms with Gasteiger partial charge in [0.2, 0.25) is 0 Å². The van der Waals surface area contributed by atoms with E-state index in [4.69, 9.17) is 0 Å². The molecule has 3 saturated carbocycles. The van der Waals surface area contributed by atoms with Gasteiger partial charge >= 0.3 is 0 Å². The number of fused-ring (bicyclic) bond motifs is 5. The van der Waals surface area contributed by atoms with Gasteiger partial charge in [-0.1, -0.05) is 65.3 Å². The van der Waals surface area contributed by atoms with Crippen molar-refractivity contribution in [2.45, 2.75) is 99.0 Å². The molecule has 4 aliphatic carbocycles. The van der Waals surface area contributed by atoms with E-state index in [1.54, 1.807) is 0 Å². The molecular weight excluding hydrogens is 352 g/mol. The van der Waals surface area contributed by atoms with E-state index in [0.717, 1.165) is 36.5 Å². The summed E-state index contributed by atoms with van der Waals surface area (Å²) in [5.41, 5.74) is 2.79. The van der Waals surface area contributed by atoms with Crippen LogP contribution in [0.15, 0.2) is 23.8 Å². The summed E-state index contributed by atoms with van der Waals surface area (Å²) >= 11 is 0. The van der Waals surface area contributed by atoms with Crippen molar-refractivity contribution in [3.05, 3.63) is 23.8 Å². The van der Waals surface area contributed by atoms with Crippen LogP contribution in [0.3, 0.4) is 0 Å². The van der Waals surface area contributed by atoms with Gasteiger partial charge in [0.05, 0.1) is 6.10 Å². The maximum atomic E-state index is 10.2. The van der Waals surface area contributed by atoms with Gasteiger partial charge in [0.25, 0.3) is 0 Å². The van der Waals surface area contributed by atoms with Crippen LogP contribution in [0.1, 0.15) is 92.9 Å². The smallest absolute Gasteiger partial charge is 0.0543 e. The molecule has 0 bridgehead atoms. The molecule has 3 fully saturated rings. The largest absolute Gasteiger partial charge is 0.393 e. The molecule has 164 valence electrons. The van der Waals surface area contributed by atoms with Gasteiger partial charge in [-0.2, -0.15) is 0 Å². The van der Waals surface area contributed by atoms with Gasteiger partial charge in [-0.25, -0.2) is 0 Å². The highest BCUT2D eigenvalue weighted by Crippen LogP contribution is 2.66. The molecule has 3 unspecified atom stereocenters. The Morgan fingerprint density at radius 2 is 1.62 bits per heavy atom. The number of allylic oxidation sites excluding steroid dienone is 4. The molecule has 0 saturated heterocycles. The number of aliphatic hydroxyl groups is 1. The zero-order valence-corrected chi connectivity index (χ0v) is 20.0. The molecule has 0 aromatic heterocycles. The summed E-state index contributed by atoms with van der Waals surface area (Å²) in [6.07, 6.45) is 17.8. The van der Waals surface area contributed by atoms with Crippen LogP contribution < -0.4 is 0 Å². The van der Waals surface area contributed by atoms with Crippen LogP contribution in [0.25, 0.3) is 0 Å². The fraction of sp³-hybridized carbons (Fsp3) is 0.857. The van der Waals surface area contributed by atoms with Crippen LogP contribution in [0.2, 0.25) is 0 Å². The maximum Gasteiger partial charge on any atom is 0.0543 e. The van der Waals surface area contributed by atoms with Gasteiger partial charge in [0.1, 0.15) is 0 Å². The summed E-state index contributed by atoms with van der Waals surface area (Å²) in [4.78, 5) is 0. The highest BCUT2D eigenvalue weighted by Gasteiger charge is 2.57. The Hall–Kier alpha value is -0.560. The lowest BCUT2D eigenvalue weighted by Crippen LogP contribution is -2.49. The predicted molar refractivity (Wildman–Crippen MR) is 124 cm³/mol. The van der Waals surface area contributed by atoms with Gasteiger partial charge < -0.3 is 5.11 Å². The van der Waals surface area contributed by atoms with E-state index < -0.39 is 0 Å². The van der Waals surface area contributed by atoms with Gasteiger partial charge in [-0.15, -0.1) is 0 Å². The molecule has 29 heavy (non-hydrogen) atoms. The van der Waals surface area contributed by atoms with Crippen molar-refractivity contribution < 1.29 is 5.11 Å². The van der Waals surface area contributed by atoms with Gasteiger partial charge in [0.15, 0.2) is 0 Å². The van der Waals surface area contributed by atoms with Crippen molar-refractivity contribution in [1.29, 1.82) is 0 Å². The van der Waals surface area contributed by atoms with Crippen molar-refractivity contribution in [3.63, 3.8) is 0 Å². The first kappa shape index (κ1) is 21.7. The molecular formula is C28H46O. The SMILES string of the molecule is CC(C)C(C)/C=C/C(C)[C@H]1CC[C@H]2C3=CCC4C[C@@H](O)CC[C@]4(C)[C@H]3CC[C@]12C. The van der Waals surface area contributed by atoms with Gasteiger partial charge in [0, 0.05) is 0 Å². The second kappa shape index (κ2) is 7.85. The monoisotopic (exact) mass is 398 g/mol. The minimum atomic E-state index is -0.0476. The van der Waals surface area contributed by atoms with Crippen LogP contribution in [0.5, 0.6) is 0 Å². The van der Waals surface area contributed by atoms with E-state index in [9.17, 15) is 5.11 Å². The number of hydrogen-bond acceptors (Lipinski definition) is 1. The Bertz CT molecular complexity index is 659. The van der Waals surface area contributed by atoms with E-state index >= 15 is 0 Å². The van der Waals surface area contributed by atoms with E-state index in [1.807, 2.05) is 5.57 Å². The normalized spacial score (nSPS) is 46.8. The van der Waals surface area contributed by atoms with Gasteiger partial charge in [-0.05, 0) is 104 Å². The Morgan fingerprint density at radius 3 is 2.34 bits per heavy atom. The lowest BCUT2D eigenvalue weighted by Gasteiger charge is -2.57. The first-order valence-electron chi connectivity index (χ1n) is 12.7. The quantitative estimate of drug-likeness (QED) is 0.489. The zero-order chi connectivity index (χ0) is 21.0. The number of rotatable bonds is 4. The molecule has 0 aliphatic heterocycles. The first-order chi connectivity index (χ1) is 13.7. The van der Waals surface area contributed by atoms with E-state index in [1.165, 1.54) is 38.5 Å². The third kappa shape index (κ3) is 3.58. The molecule has 0 radical (unpaired) electrons. The molecule has 1 nitrogen and oxygen atoms in total. The molecule has 0 spiro atoms. The average Bonchev–Trinajstić information content (AvgIpc) is 3.03. The molecule has 4 rings (SSSR count). The fourth-order valence-corrected chi connectivity index (χ4v) is 8.10. The van der Waals surface area contributed by atoms with Crippen molar-refractivity contribution in [2.24, 2.45) is 52.3 Å². The standard InChI is InChI=1S/C28H46O/c1-18(2)19(3)7-8-20(4)24-11-12-25-23-10-9-21-17-22(29)13-15-27(21,5)26(23)14-16-28(24,25)6/h7-8,10,18-22,24-26,29H,9,11-17H2,1-6H3/b8-7+/t19?,20?,21?,22-,24+,25-,26-,27-,28+/m0/s1. The second-order valence-electron chi connectivity index (χ2n) is 12.3. The molecule has 4 aliphatic rings. The molecule has 0 heterocycles. The predicted octanol–water partition coefficient (Wildman–Crippen LogP) is 7.41. The Morgan fingerprint density at radius 1 is 0.931 bits per heavy atom. The summed E-state index contributed by atoms with van der Waals surface area (Å²) in [5.74, 6) is 5.25. The van der Waals surface area contributed by atoms with Crippen LogP contribution >= 0.6 is 0 Å². The van der Waals surface area contributed by atoms with E-state index in [0.29, 0.717) is 28.6 Å². The lowest BCUT2D eigenvalue weighted by molar-refractivity contribution is -0.0414. The molecule has 0 aromatic rings. The fourth-order valence-electron chi connectivity index (χ4n) is 8.10. The Kier molecular flexibility index (Phi) is 5.86. The van der Waals surface area contributed by atoms with Crippen molar-refractivity contribution in [1.82, 2.24) is 0 Å². The van der Waals surface area contributed by atoms with Gasteiger partial charge in [-0.3, -0.25) is 0 Å². The minimum Gasteiger partial charge on any atom is -0.393 e. The lowest BCUT2D eigenvalue weighted by atomic mass is 9.47. The topological polar surface area (TPSA) is 20.2 Å².